The van der Waals surface area contributed by atoms with Crippen LogP contribution in [0, 0.1) is 13.8 Å². The van der Waals surface area contributed by atoms with E-state index in [4.69, 9.17) is 4.74 Å². The lowest BCUT2D eigenvalue weighted by Crippen LogP contribution is -2.38. The summed E-state index contributed by atoms with van der Waals surface area (Å²) in [5.41, 5.74) is 11.1. The van der Waals surface area contributed by atoms with Crippen LogP contribution in [0.15, 0.2) is 16.5 Å². The predicted molar refractivity (Wildman–Crippen MR) is 94.8 cm³/mol. The highest BCUT2D eigenvalue weighted by Crippen LogP contribution is 2.26. The molecule has 2 N–H and O–H groups in total. The fourth-order valence-electron chi connectivity index (χ4n) is 2.38. The Hall–Kier alpha value is -1.40. The van der Waals surface area contributed by atoms with Gasteiger partial charge < -0.3 is 9.30 Å². The Balaban J connectivity index is 2.19. The lowest BCUT2D eigenvalue weighted by molar-refractivity contribution is 0.186. The van der Waals surface area contributed by atoms with E-state index in [0.717, 1.165) is 24.0 Å². The standard InChI is InChI=1S/C16H26N4OS/c1-11-9-13(12(2)20(11)7-8-21-6)14-10-22-15(19-18-14)17-16(3,4)5/h9-10,18H,7-8H2,1-6H3,(H,17,19). The third-order valence-electron chi connectivity index (χ3n) is 3.41. The number of nitrogens with one attached hydrogen (secondary N) is 2. The van der Waals surface area contributed by atoms with E-state index in [2.05, 4.69) is 66.5 Å². The summed E-state index contributed by atoms with van der Waals surface area (Å²) in [6.07, 6.45) is 0. The average molecular weight is 322 g/mol. The van der Waals surface area contributed by atoms with E-state index in [1.54, 1.807) is 18.9 Å². The molecule has 1 aliphatic heterocycles. The van der Waals surface area contributed by atoms with Crippen LogP contribution in [0.5, 0.6) is 0 Å². The van der Waals surface area contributed by atoms with Gasteiger partial charge in [-0.3, -0.25) is 15.8 Å². The zero-order chi connectivity index (χ0) is 16.3. The first-order valence-corrected chi connectivity index (χ1v) is 8.34. The van der Waals surface area contributed by atoms with Gasteiger partial charge >= 0.3 is 0 Å². The van der Waals surface area contributed by atoms with Gasteiger partial charge in [0.25, 0.3) is 0 Å². The molecule has 1 aliphatic rings. The molecule has 0 aromatic carbocycles. The normalized spacial score (nSPS) is 17.2. The minimum absolute atomic E-state index is 0.0850. The molecule has 0 aliphatic carbocycles. The number of hydrogen-bond acceptors (Lipinski definition) is 4. The summed E-state index contributed by atoms with van der Waals surface area (Å²) in [6.45, 7) is 12.1. The highest BCUT2D eigenvalue weighted by atomic mass is 32.2. The minimum Gasteiger partial charge on any atom is -0.383 e. The van der Waals surface area contributed by atoms with Crippen molar-refractivity contribution >= 4 is 22.6 Å². The van der Waals surface area contributed by atoms with Crippen LogP contribution in [0.3, 0.4) is 0 Å². The lowest BCUT2D eigenvalue weighted by atomic mass is 10.1. The van der Waals surface area contributed by atoms with Crippen molar-refractivity contribution < 1.29 is 4.74 Å². The second-order valence-electron chi connectivity index (χ2n) is 6.42. The average Bonchev–Trinajstić information content (AvgIpc) is 2.71. The largest absolute Gasteiger partial charge is 0.383 e. The van der Waals surface area contributed by atoms with E-state index in [1.165, 1.54) is 17.0 Å². The molecule has 0 atom stereocenters. The molecule has 1 aromatic heterocycles. The third kappa shape index (κ3) is 4.08. The summed E-state index contributed by atoms with van der Waals surface area (Å²) >= 11 is 1.62. The van der Waals surface area contributed by atoms with Crippen LogP contribution in [0.4, 0.5) is 0 Å². The number of thioether (sulfide) groups is 1. The van der Waals surface area contributed by atoms with Gasteiger partial charge in [-0.25, -0.2) is 0 Å². The van der Waals surface area contributed by atoms with Crippen molar-refractivity contribution in [3.63, 3.8) is 0 Å². The number of amidine groups is 1. The molecule has 2 heterocycles. The minimum atomic E-state index is -0.0850. The third-order valence-corrected chi connectivity index (χ3v) is 4.18. The number of aryl methyl sites for hydroxylation is 1. The van der Waals surface area contributed by atoms with Gasteiger partial charge in [-0.15, -0.1) is 0 Å². The van der Waals surface area contributed by atoms with Crippen LogP contribution in [-0.2, 0) is 11.3 Å². The van der Waals surface area contributed by atoms with Crippen molar-refractivity contribution in [2.45, 2.75) is 46.7 Å². The van der Waals surface area contributed by atoms with Crippen LogP contribution >= 0.6 is 11.8 Å². The van der Waals surface area contributed by atoms with Gasteiger partial charge in [0, 0.05) is 36.0 Å². The van der Waals surface area contributed by atoms with Gasteiger partial charge in [-0.2, -0.15) is 0 Å². The fraction of sp³-hybridized carbons (Fsp3) is 0.562. The zero-order valence-corrected chi connectivity index (χ0v) is 15.1. The van der Waals surface area contributed by atoms with Crippen LogP contribution in [-0.4, -0.2) is 29.0 Å². The summed E-state index contributed by atoms with van der Waals surface area (Å²) < 4.78 is 7.47. The molecule has 5 nitrogen and oxygen atoms in total. The predicted octanol–water partition coefficient (Wildman–Crippen LogP) is 3.05. The molecule has 1 aromatic rings. The Labute approximate surface area is 137 Å². The monoisotopic (exact) mass is 322 g/mol. The van der Waals surface area contributed by atoms with E-state index in [0.29, 0.717) is 0 Å². The molecule has 0 unspecified atom stereocenters. The molecule has 0 spiro atoms. The molecular formula is C16H26N4OS. The van der Waals surface area contributed by atoms with E-state index in [9.17, 15) is 0 Å². The van der Waals surface area contributed by atoms with Gasteiger partial charge in [0.1, 0.15) is 0 Å². The summed E-state index contributed by atoms with van der Waals surface area (Å²) in [4.78, 5) is 4.62. The van der Waals surface area contributed by atoms with Gasteiger partial charge in [0.2, 0.25) is 0 Å². The molecule has 2 rings (SSSR count). The van der Waals surface area contributed by atoms with E-state index in [1.807, 2.05) is 0 Å². The quantitative estimate of drug-likeness (QED) is 0.894. The maximum absolute atomic E-state index is 5.19. The molecule has 0 bridgehead atoms. The Morgan fingerprint density at radius 3 is 2.55 bits per heavy atom. The lowest BCUT2D eigenvalue weighted by Gasteiger charge is -2.22. The summed E-state index contributed by atoms with van der Waals surface area (Å²) in [5, 5.41) is 3.01. The topological polar surface area (TPSA) is 50.6 Å². The van der Waals surface area contributed by atoms with Crippen molar-refractivity contribution in [2.75, 3.05) is 13.7 Å². The van der Waals surface area contributed by atoms with Crippen LogP contribution in [0.2, 0.25) is 0 Å². The maximum Gasteiger partial charge on any atom is 0.180 e. The molecule has 0 amide bonds. The number of aliphatic imine (C=N–C) groups is 1. The van der Waals surface area contributed by atoms with Gasteiger partial charge in [-0.1, -0.05) is 11.8 Å². The first-order chi connectivity index (χ1) is 10.3. The van der Waals surface area contributed by atoms with Crippen molar-refractivity contribution in [1.29, 1.82) is 0 Å². The van der Waals surface area contributed by atoms with Gasteiger partial charge in [-0.05, 0) is 40.7 Å². The SMILES string of the molecule is COCCn1c(C)cc(C2=CSC(=NC(C)(C)C)NN2)c1C. The van der Waals surface area contributed by atoms with Crippen molar-refractivity contribution in [2.24, 2.45) is 4.99 Å². The maximum atomic E-state index is 5.19. The molecule has 0 saturated heterocycles. The highest BCUT2D eigenvalue weighted by Gasteiger charge is 2.18. The Morgan fingerprint density at radius 1 is 1.27 bits per heavy atom. The van der Waals surface area contributed by atoms with Gasteiger partial charge in [0.05, 0.1) is 17.8 Å². The van der Waals surface area contributed by atoms with E-state index >= 15 is 0 Å². The van der Waals surface area contributed by atoms with Crippen LogP contribution in [0.1, 0.15) is 37.7 Å². The van der Waals surface area contributed by atoms with Gasteiger partial charge in [0.15, 0.2) is 5.17 Å². The van der Waals surface area contributed by atoms with Crippen molar-refractivity contribution in [3.8, 4) is 0 Å². The summed E-state index contributed by atoms with van der Waals surface area (Å²) in [6, 6.07) is 2.21. The van der Waals surface area contributed by atoms with Crippen molar-refractivity contribution in [1.82, 2.24) is 15.4 Å². The second-order valence-corrected chi connectivity index (χ2v) is 7.27. The van der Waals surface area contributed by atoms with E-state index in [-0.39, 0.29) is 5.54 Å². The number of nitrogens with zero attached hydrogens (tertiary/aromatic N) is 2. The number of methoxy groups -OCH3 is 1. The number of ether oxygens (including phenoxy) is 1. The second kappa shape index (κ2) is 6.79. The fourth-order valence-corrected chi connectivity index (χ4v) is 3.24. The smallest absolute Gasteiger partial charge is 0.180 e. The van der Waals surface area contributed by atoms with Crippen LogP contribution < -0.4 is 10.9 Å². The Kier molecular flexibility index (Phi) is 5.24. The molecule has 122 valence electrons. The van der Waals surface area contributed by atoms with E-state index < -0.39 is 0 Å². The molecule has 6 heteroatoms. The first-order valence-electron chi connectivity index (χ1n) is 7.46. The first kappa shape index (κ1) is 17.0. The summed E-state index contributed by atoms with van der Waals surface area (Å²) in [5.74, 6) is 0. The van der Waals surface area contributed by atoms with Crippen LogP contribution in [0.25, 0.3) is 5.70 Å². The Morgan fingerprint density at radius 2 is 2.00 bits per heavy atom. The molecule has 0 radical (unpaired) electrons. The molecule has 0 fully saturated rings. The zero-order valence-electron chi connectivity index (χ0n) is 14.3. The Bertz CT molecular complexity index is 596. The molecular weight excluding hydrogens is 296 g/mol. The summed E-state index contributed by atoms with van der Waals surface area (Å²) in [7, 11) is 1.73. The van der Waals surface area contributed by atoms with Crippen molar-refractivity contribution in [3.05, 3.63) is 28.4 Å². The molecule has 22 heavy (non-hydrogen) atoms. The number of hydrazine groups is 1. The number of rotatable bonds is 4. The highest BCUT2D eigenvalue weighted by molar-refractivity contribution is 8.16. The number of aromatic nitrogens is 1. The molecule has 0 saturated carbocycles. The number of hydrogen-bond donors (Lipinski definition) is 2.